The van der Waals surface area contributed by atoms with E-state index in [0.717, 1.165) is 28.1 Å². The Morgan fingerprint density at radius 2 is 1.75 bits per heavy atom. The fourth-order valence-corrected chi connectivity index (χ4v) is 4.51. The summed E-state index contributed by atoms with van der Waals surface area (Å²) < 4.78 is 0.479. The molecule has 5 nitrogen and oxygen atoms in total. The van der Waals surface area contributed by atoms with Gasteiger partial charge in [0.25, 0.3) is 5.91 Å². The van der Waals surface area contributed by atoms with Crippen LogP contribution in [0.25, 0.3) is 6.08 Å². The first-order valence-electron chi connectivity index (χ1n) is 9.82. The van der Waals surface area contributed by atoms with E-state index in [1.807, 2.05) is 68.4 Å². The fraction of sp³-hybridized carbons (Fsp3) is 0.0800. The molecule has 4 rings (SSSR count). The lowest BCUT2D eigenvalue weighted by Gasteiger charge is -2.17. The molecule has 0 saturated carbocycles. The zero-order valence-electron chi connectivity index (χ0n) is 17.4. The van der Waals surface area contributed by atoms with Gasteiger partial charge in [-0.05, 0) is 73.0 Å². The van der Waals surface area contributed by atoms with Gasteiger partial charge in [-0.25, -0.2) is 0 Å². The lowest BCUT2D eigenvalue weighted by molar-refractivity contribution is -0.113. The van der Waals surface area contributed by atoms with Gasteiger partial charge in [0, 0.05) is 0 Å². The highest BCUT2D eigenvalue weighted by Crippen LogP contribution is 2.38. The van der Waals surface area contributed by atoms with Gasteiger partial charge in [0.2, 0.25) is 0 Å². The van der Waals surface area contributed by atoms with E-state index in [2.05, 4.69) is 16.3 Å². The smallest absolute Gasteiger partial charge is 0.268 e. The molecule has 0 spiro atoms. The molecule has 1 fully saturated rings. The molecular weight excluding hydrogens is 436 g/mol. The molecule has 1 amide bonds. The molecule has 3 aromatic carbocycles. The van der Waals surface area contributed by atoms with Crippen molar-refractivity contribution in [2.24, 2.45) is 10.2 Å². The number of azo groups is 1. The maximum absolute atomic E-state index is 13.1. The number of hydrogen-bond acceptors (Lipinski definition) is 6. The molecule has 156 valence electrons. The van der Waals surface area contributed by atoms with Crippen LogP contribution in [0.2, 0.25) is 0 Å². The first-order chi connectivity index (χ1) is 15.5. The largest absolute Gasteiger partial charge is 0.270 e. The maximum Gasteiger partial charge on any atom is 0.270 e. The third-order valence-corrected chi connectivity index (χ3v) is 6.24. The first kappa shape index (κ1) is 21.6. The number of aryl methyl sites for hydroxylation is 2. The van der Waals surface area contributed by atoms with Crippen LogP contribution in [-0.2, 0) is 4.79 Å². The molecule has 0 radical (unpaired) electrons. The van der Waals surface area contributed by atoms with Crippen LogP contribution in [0.3, 0.4) is 0 Å². The first-order valence-corrected chi connectivity index (χ1v) is 11.0. The molecule has 0 aromatic heterocycles. The SMILES string of the molecule is Cc1ccccc1N=Nc1ccc(N2C(=O)/C(=C/c3ccc(C#N)cc3)SC2=S)c(C)c1. The number of amides is 1. The molecule has 0 bridgehead atoms. The van der Waals surface area contributed by atoms with Gasteiger partial charge in [-0.2, -0.15) is 15.5 Å². The highest BCUT2D eigenvalue weighted by Gasteiger charge is 2.34. The minimum atomic E-state index is -0.165. The molecule has 1 heterocycles. The van der Waals surface area contributed by atoms with Gasteiger partial charge in [-0.15, -0.1) is 0 Å². The number of rotatable bonds is 4. The number of hydrogen-bond donors (Lipinski definition) is 0. The molecule has 1 aliphatic heterocycles. The summed E-state index contributed by atoms with van der Waals surface area (Å²) in [4.78, 5) is 15.2. The summed E-state index contributed by atoms with van der Waals surface area (Å²) >= 11 is 6.76. The maximum atomic E-state index is 13.1. The van der Waals surface area contributed by atoms with Crippen molar-refractivity contribution >= 4 is 57.3 Å². The predicted octanol–water partition coefficient (Wildman–Crippen LogP) is 7.00. The Balaban J connectivity index is 1.57. The summed E-state index contributed by atoms with van der Waals surface area (Å²) in [6.07, 6.45) is 1.79. The zero-order valence-corrected chi connectivity index (χ0v) is 19.1. The Morgan fingerprint density at radius 1 is 1.00 bits per heavy atom. The Morgan fingerprint density at radius 3 is 2.44 bits per heavy atom. The van der Waals surface area contributed by atoms with Crippen LogP contribution in [0.4, 0.5) is 17.1 Å². The Labute approximate surface area is 196 Å². The van der Waals surface area contributed by atoms with E-state index in [0.29, 0.717) is 20.5 Å². The average Bonchev–Trinajstić information content (AvgIpc) is 3.06. The molecule has 0 unspecified atom stereocenters. The second kappa shape index (κ2) is 9.27. The van der Waals surface area contributed by atoms with Gasteiger partial charge >= 0.3 is 0 Å². The molecule has 0 aliphatic carbocycles. The van der Waals surface area contributed by atoms with Gasteiger partial charge < -0.3 is 0 Å². The average molecular weight is 455 g/mol. The van der Waals surface area contributed by atoms with Crippen molar-refractivity contribution in [1.82, 2.24) is 0 Å². The van der Waals surface area contributed by atoms with Crippen molar-refractivity contribution in [3.63, 3.8) is 0 Å². The standard InChI is InChI=1S/C25H18N4OS2/c1-16-5-3-4-6-21(16)28-27-20-11-12-22(17(2)13-20)29-24(30)23(32-25(29)31)14-18-7-9-19(15-26)10-8-18/h3-14H,1-2H3/b23-14-,28-27?. The van der Waals surface area contributed by atoms with Gasteiger partial charge in [0.1, 0.15) is 0 Å². The highest BCUT2D eigenvalue weighted by atomic mass is 32.2. The van der Waals surface area contributed by atoms with E-state index in [1.54, 1.807) is 23.1 Å². The van der Waals surface area contributed by atoms with E-state index in [1.165, 1.54) is 11.8 Å². The molecular formula is C25H18N4OS2. The number of nitriles is 1. The fourth-order valence-electron chi connectivity index (χ4n) is 3.22. The second-order valence-corrected chi connectivity index (χ2v) is 8.88. The molecule has 0 N–H and O–H groups in total. The zero-order chi connectivity index (χ0) is 22.7. The van der Waals surface area contributed by atoms with Crippen molar-refractivity contribution < 1.29 is 4.79 Å². The van der Waals surface area contributed by atoms with Crippen molar-refractivity contribution in [2.45, 2.75) is 13.8 Å². The van der Waals surface area contributed by atoms with E-state index in [-0.39, 0.29) is 5.91 Å². The molecule has 3 aromatic rings. The van der Waals surface area contributed by atoms with Crippen LogP contribution >= 0.6 is 24.0 Å². The number of thioether (sulfide) groups is 1. The number of anilines is 1. The molecule has 32 heavy (non-hydrogen) atoms. The summed E-state index contributed by atoms with van der Waals surface area (Å²) in [5.41, 5.74) is 5.59. The van der Waals surface area contributed by atoms with E-state index in [9.17, 15) is 4.79 Å². The third-order valence-electron chi connectivity index (χ3n) is 4.94. The molecule has 1 saturated heterocycles. The number of carbonyl (C=O) groups is 1. The van der Waals surface area contributed by atoms with Crippen LogP contribution in [-0.4, -0.2) is 10.2 Å². The summed E-state index contributed by atoms with van der Waals surface area (Å²) in [5.74, 6) is -0.165. The van der Waals surface area contributed by atoms with Gasteiger partial charge in [-0.3, -0.25) is 9.69 Å². The molecule has 7 heteroatoms. The number of carbonyl (C=O) groups excluding carboxylic acids is 1. The lowest BCUT2D eigenvalue weighted by atomic mass is 10.1. The van der Waals surface area contributed by atoms with Crippen molar-refractivity contribution in [2.75, 3.05) is 4.90 Å². The van der Waals surface area contributed by atoms with Gasteiger partial charge in [0.15, 0.2) is 4.32 Å². The summed E-state index contributed by atoms with van der Waals surface area (Å²) in [6.45, 7) is 3.91. The van der Waals surface area contributed by atoms with Gasteiger partial charge in [-0.1, -0.05) is 54.3 Å². The van der Waals surface area contributed by atoms with Gasteiger partial charge in [0.05, 0.1) is 33.6 Å². The van der Waals surface area contributed by atoms with E-state index in [4.69, 9.17) is 17.5 Å². The molecule has 1 aliphatic rings. The Hall–Kier alpha value is -3.60. The quantitative estimate of drug-likeness (QED) is 0.242. The summed E-state index contributed by atoms with van der Waals surface area (Å²) in [7, 11) is 0. The van der Waals surface area contributed by atoms with Crippen molar-refractivity contribution in [3.8, 4) is 6.07 Å². The number of thiocarbonyl (C=S) groups is 1. The van der Waals surface area contributed by atoms with E-state index >= 15 is 0 Å². The van der Waals surface area contributed by atoms with Crippen molar-refractivity contribution in [1.29, 1.82) is 5.26 Å². The van der Waals surface area contributed by atoms with Crippen LogP contribution < -0.4 is 4.90 Å². The minimum absolute atomic E-state index is 0.165. The summed E-state index contributed by atoms with van der Waals surface area (Å²) in [5, 5.41) is 17.6. The van der Waals surface area contributed by atoms with Crippen LogP contribution in [0, 0.1) is 25.2 Å². The molecule has 0 atom stereocenters. The van der Waals surface area contributed by atoms with E-state index < -0.39 is 0 Å². The van der Waals surface area contributed by atoms with Crippen LogP contribution in [0.15, 0.2) is 81.9 Å². The topological polar surface area (TPSA) is 68.8 Å². The van der Waals surface area contributed by atoms with Crippen molar-refractivity contribution in [3.05, 3.63) is 93.9 Å². The van der Waals surface area contributed by atoms with Crippen LogP contribution in [0.1, 0.15) is 22.3 Å². The lowest BCUT2D eigenvalue weighted by Crippen LogP contribution is -2.28. The second-order valence-electron chi connectivity index (χ2n) is 7.21. The number of benzene rings is 3. The normalized spacial score (nSPS) is 15.0. The Bertz CT molecular complexity index is 1320. The number of nitrogens with zero attached hydrogens (tertiary/aromatic N) is 4. The van der Waals surface area contributed by atoms with Crippen LogP contribution in [0.5, 0.6) is 0 Å². The highest BCUT2D eigenvalue weighted by molar-refractivity contribution is 8.27. The summed E-state index contributed by atoms with van der Waals surface area (Å²) in [6, 6.07) is 22.5. The predicted molar refractivity (Wildman–Crippen MR) is 133 cm³/mol. The minimum Gasteiger partial charge on any atom is -0.268 e. The Kier molecular flexibility index (Phi) is 6.26. The third kappa shape index (κ3) is 4.52. The monoisotopic (exact) mass is 454 g/mol.